The monoisotopic (exact) mass is 436 g/mol. The molecule has 0 aliphatic carbocycles. The lowest BCUT2D eigenvalue weighted by Crippen LogP contribution is -2.36. The van der Waals surface area contributed by atoms with Crippen molar-refractivity contribution < 1.29 is 4.74 Å². The second kappa shape index (κ2) is 8.70. The Morgan fingerprint density at radius 1 is 1.03 bits per heavy atom. The van der Waals surface area contributed by atoms with Gasteiger partial charge < -0.3 is 10.1 Å². The van der Waals surface area contributed by atoms with Crippen molar-refractivity contribution in [1.29, 1.82) is 0 Å². The number of benzene rings is 2. The summed E-state index contributed by atoms with van der Waals surface area (Å²) in [6, 6.07) is 18.1. The molecule has 1 saturated heterocycles. The quantitative estimate of drug-likeness (QED) is 0.442. The first-order valence-electron chi connectivity index (χ1n) is 9.92. The standard InChI is InChI=1S/C23H21ClN4OS/c24-17-7-4-8-18(13-17)25-22-21-19(16-5-2-1-3-6-16)15-30-23(21)27-20(26-22)14-28-9-11-29-12-10-28/h1-8,13,15H,9-12,14H2,(H,25,26,27). The zero-order valence-electron chi connectivity index (χ0n) is 16.3. The van der Waals surface area contributed by atoms with Gasteiger partial charge in [-0.2, -0.15) is 0 Å². The van der Waals surface area contributed by atoms with Gasteiger partial charge >= 0.3 is 0 Å². The summed E-state index contributed by atoms with van der Waals surface area (Å²) in [5.41, 5.74) is 3.20. The van der Waals surface area contributed by atoms with Crippen LogP contribution in [-0.2, 0) is 11.3 Å². The van der Waals surface area contributed by atoms with Crippen molar-refractivity contribution in [2.75, 3.05) is 31.6 Å². The number of thiophene rings is 1. The Balaban J connectivity index is 1.59. The Labute approximate surface area is 184 Å². The van der Waals surface area contributed by atoms with E-state index >= 15 is 0 Å². The third kappa shape index (κ3) is 4.18. The number of nitrogens with zero attached hydrogens (tertiary/aromatic N) is 3. The van der Waals surface area contributed by atoms with Crippen molar-refractivity contribution in [3.63, 3.8) is 0 Å². The van der Waals surface area contributed by atoms with Crippen molar-refractivity contribution >= 4 is 44.7 Å². The maximum atomic E-state index is 6.21. The fourth-order valence-electron chi connectivity index (χ4n) is 3.64. The molecule has 2 aromatic carbocycles. The molecule has 1 fully saturated rings. The molecule has 1 aliphatic rings. The van der Waals surface area contributed by atoms with E-state index in [1.54, 1.807) is 11.3 Å². The summed E-state index contributed by atoms with van der Waals surface area (Å²) >= 11 is 7.86. The molecule has 0 bridgehead atoms. The van der Waals surface area contributed by atoms with E-state index < -0.39 is 0 Å². The van der Waals surface area contributed by atoms with Crippen LogP contribution >= 0.6 is 22.9 Å². The molecule has 0 spiro atoms. The first-order chi connectivity index (χ1) is 14.8. The average molecular weight is 437 g/mol. The molecule has 30 heavy (non-hydrogen) atoms. The molecule has 0 radical (unpaired) electrons. The molecule has 152 valence electrons. The van der Waals surface area contributed by atoms with Crippen LogP contribution in [0.4, 0.5) is 11.5 Å². The molecule has 4 aromatic rings. The maximum absolute atomic E-state index is 6.21. The van der Waals surface area contributed by atoms with E-state index in [-0.39, 0.29) is 0 Å². The van der Waals surface area contributed by atoms with Crippen LogP contribution in [0.25, 0.3) is 21.3 Å². The molecule has 0 unspecified atom stereocenters. The van der Waals surface area contributed by atoms with Crippen LogP contribution in [0.1, 0.15) is 5.82 Å². The van der Waals surface area contributed by atoms with Gasteiger partial charge in [-0.3, -0.25) is 4.90 Å². The first kappa shape index (κ1) is 19.5. The highest BCUT2D eigenvalue weighted by Crippen LogP contribution is 2.38. The Bertz CT molecular complexity index is 1160. The normalized spacial score (nSPS) is 14.8. The second-order valence-corrected chi connectivity index (χ2v) is 8.50. The number of ether oxygens (including phenoxy) is 1. The number of morpholine rings is 1. The van der Waals surface area contributed by atoms with Gasteiger partial charge in [0, 0.05) is 34.7 Å². The van der Waals surface area contributed by atoms with E-state index in [0.717, 1.165) is 65.0 Å². The number of hydrogen-bond acceptors (Lipinski definition) is 6. The van der Waals surface area contributed by atoms with Gasteiger partial charge in [-0.25, -0.2) is 9.97 Å². The second-order valence-electron chi connectivity index (χ2n) is 7.21. The number of nitrogens with one attached hydrogen (secondary N) is 1. The van der Waals surface area contributed by atoms with E-state index in [0.29, 0.717) is 11.6 Å². The summed E-state index contributed by atoms with van der Waals surface area (Å²) in [5.74, 6) is 1.63. The third-order valence-corrected chi connectivity index (χ3v) is 6.23. The SMILES string of the molecule is Clc1cccc(Nc2nc(CN3CCOCC3)nc3scc(-c4ccccc4)c23)c1. The molecule has 0 saturated carbocycles. The van der Waals surface area contributed by atoms with Crippen LogP contribution in [-0.4, -0.2) is 41.2 Å². The Hall–Kier alpha value is -2.51. The lowest BCUT2D eigenvalue weighted by Gasteiger charge is -2.25. The predicted octanol–water partition coefficient (Wildman–Crippen LogP) is 5.59. The number of anilines is 2. The van der Waals surface area contributed by atoms with Crippen molar-refractivity contribution in [3.05, 3.63) is 70.8 Å². The molecule has 2 aromatic heterocycles. The molecule has 3 heterocycles. The predicted molar refractivity (Wildman–Crippen MR) is 124 cm³/mol. The number of hydrogen-bond donors (Lipinski definition) is 1. The molecular formula is C23H21ClN4OS. The highest BCUT2D eigenvalue weighted by Gasteiger charge is 2.18. The van der Waals surface area contributed by atoms with E-state index in [2.05, 4.69) is 39.9 Å². The van der Waals surface area contributed by atoms with Gasteiger partial charge in [-0.1, -0.05) is 48.0 Å². The van der Waals surface area contributed by atoms with Crippen molar-refractivity contribution in [2.24, 2.45) is 0 Å². The first-order valence-corrected chi connectivity index (χ1v) is 11.2. The zero-order valence-corrected chi connectivity index (χ0v) is 17.9. The van der Waals surface area contributed by atoms with Gasteiger partial charge in [0.1, 0.15) is 16.5 Å². The van der Waals surface area contributed by atoms with E-state index in [9.17, 15) is 0 Å². The lowest BCUT2D eigenvalue weighted by atomic mass is 10.1. The van der Waals surface area contributed by atoms with Gasteiger partial charge in [0.25, 0.3) is 0 Å². The summed E-state index contributed by atoms with van der Waals surface area (Å²) in [6.45, 7) is 4.03. The number of aromatic nitrogens is 2. The van der Waals surface area contributed by atoms with Crippen molar-refractivity contribution in [2.45, 2.75) is 6.54 Å². The van der Waals surface area contributed by atoms with Gasteiger partial charge in [-0.15, -0.1) is 11.3 Å². The fraction of sp³-hybridized carbons (Fsp3) is 0.217. The molecule has 5 rings (SSSR count). The zero-order chi connectivity index (χ0) is 20.3. The molecule has 1 N–H and O–H groups in total. The molecule has 0 atom stereocenters. The minimum absolute atomic E-state index is 0.687. The van der Waals surface area contributed by atoms with Crippen LogP contribution in [0.2, 0.25) is 5.02 Å². The Morgan fingerprint density at radius 2 is 1.87 bits per heavy atom. The van der Waals surface area contributed by atoms with Gasteiger partial charge in [-0.05, 0) is 23.8 Å². The summed E-state index contributed by atoms with van der Waals surface area (Å²) in [6.07, 6.45) is 0. The van der Waals surface area contributed by atoms with Crippen LogP contribution in [0, 0.1) is 0 Å². The molecule has 0 amide bonds. The van der Waals surface area contributed by atoms with Crippen LogP contribution in [0.5, 0.6) is 0 Å². The van der Waals surface area contributed by atoms with E-state index in [4.69, 9.17) is 26.3 Å². The lowest BCUT2D eigenvalue weighted by molar-refractivity contribution is 0.0331. The molecule has 1 aliphatic heterocycles. The van der Waals surface area contributed by atoms with Gasteiger partial charge in [0.05, 0.1) is 25.1 Å². The summed E-state index contributed by atoms with van der Waals surface area (Å²) in [4.78, 5) is 13.1. The fourth-order valence-corrected chi connectivity index (χ4v) is 4.80. The van der Waals surface area contributed by atoms with E-state index in [1.807, 2.05) is 30.3 Å². The molecule has 7 heteroatoms. The largest absolute Gasteiger partial charge is 0.379 e. The van der Waals surface area contributed by atoms with Gasteiger partial charge in [0.2, 0.25) is 0 Å². The minimum Gasteiger partial charge on any atom is -0.379 e. The van der Waals surface area contributed by atoms with Crippen molar-refractivity contribution in [1.82, 2.24) is 14.9 Å². The topological polar surface area (TPSA) is 50.3 Å². The number of rotatable bonds is 5. The van der Waals surface area contributed by atoms with Gasteiger partial charge in [0.15, 0.2) is 0 Å². The van der Waals surface area contributed by atoms with Crippen LogP contribution < -0.4 is 5.32 Å². The third-order valence-electron chi connectivity index (χ3n) is 5.12. The minimum atomic E-state index is 0.687. The summed E-state index contributed by atoms with van der Waals surface area (Å²) < 4.78 is 5.47. The maximum Gasteiger partial charge on any atom is 0.146 e. The average Bonchev–Trinajstić information content (AvgIpc) is 3.19. The number of fused-ring (bicyclic) bond motifs is 1. The van der Waals surface area contributed by atoms with E-state index in [1.165, 1.54) is 0 Å². The Morgan fingerprint density at radius 3 is 2.67 bits per heavy atom. The highest BCUT2D eigenvalue weighted by atomic mass is 35.5. The van der Waals surface area contributed by atoms with Crippen molar-refractivity contribution in [3.8, 4) is 11.1 Å². The summed E-state index contributed by atoms with van der Waals surface area (Å²) in [7, 11) is 0. The summed E-state index contributed by atoms with van der Waals surface area (Å²) in [5, 5.41) is 7.38. The Kier molecular flexibility index (Phi) is 5.64. The molecule has 5 nitrogen and oxygen atoms in total. The highest BCUT2D eigenvalue weighted by molar-refractivity contribution is 7.17. The van der Waals surface area contributed by atoms with Crippen LogP contribution in [0.15, 0.2) is 60.0 Å². The van der Waals surface area contributed by atoms with Crippen LogP contribution in [0.3, 0.4) is 0 Å². The molecular weight excluding hydrogens is 416 g/mol. The smallest absolute Gasteiger partial charge is 0.146 e. The number of halogens is 1.